The zero-order valence-corrected chi connectivity index (χ0v) is 9.95. The minimum absolute atomic E-state index is 0.675. The third-order valence-corrected chi connectivity index (χ3v) is 4.49. The molecule has 1 aromatic heterocycles. The van der Waals surface area contributed by atoms with Crippen LogP contribution in [0.3, 0.4) is 0 Å². The molecule has 0 aliphatic heterocycles. The highest BCUT2D eigenvalue weighted by Gasteiger charge is 2.07. The maximum Gasteiger partial charge on any atom is 0.113 e. The maximum atomic E-state index is 6.01. The quantitative estimate of drug-likeness (QED) is 0.646. The van der Waals surface area contributed by atoms with Gasteiger partial charge in [-0.2, -0.15) is 0 Å². The Bertz CT molecular complexity index is 448. The molecule has 0 atom stereocenters. The SMILES string of the molecule is CSc1ccc2c(Cl)c(Cl)sc2c1. The van der Waals surface area contributed by atoms with Crippen molar-refractivity contribution in [2.75, 3.05) is 6.26 Å². The summed E-state index contributed by atoms with van der Waals surface area (Å²) in [6, 6.07) is 6.19. The van der Waals surface area contributed by atoms with Crippen molar-refractivity contribution in [3.63, 3.8) is 0 Å². The number of hydrogen-bond acceptors (Lipinski definition) is 2. The van der Waals surface area contributed by atoms with Gasteiger partial charge in [0.25, 0.3) is 0 Å². The first-order valence-electron chi connectivity index (χ1n) is 3.64. The number of benzene rings is 1. The van der Waals surface area contributed by atoms with Gasteiger partial charge in [-0.05, 0) is 18.4 Å². The van der Waals surface area contributed by atoms with Gasteiger partial charge in [-0.25, -0.2) is 0 Å². The lowest BCUT2D eigenvalue weighted by Crippen LogP contribution is -1.68. The van der Waals surface area contributed by atoms with E-state index in [1.165, 1.54) is 16.2 Å². The topological polar surface area (TPSA) is 0 Å². The molecule has 0 saturated carbocycles. The van der Waals surface area contributed by atoms with Crippen molar-refractivity contribution in [3.8, 4) is 0 Å². The zero-order chi connectivity index (χ0) is 9.42. The number of thiophene rings is 1. The van der Waals surface area contributed by atoms with Crippen molar-refractivity contribution in [2.24, 2.45) is 0 Å². The second-order valence-corrected chi connectivity index (χ2v) is 5.46. The van der Waals surface area contributed by atoms with Gasteiger partial charge in [0.05, 0.1) is 5.02 Å². The highest BCUT2D eigenvalue weighted by Crippen LogP contribution is 2.39. The van der Waals surface area contributed by atoms with Gasteiger partial charge >= 0.3 is 0 Å². The van der Waals surface area contributed by atoms with Crippen molar-refractivity contribution in [1.82, 2.24) is 0 Å². The van der Waals surface area contributed by atoms with Crippen LogP contribution in [0.2, 0.25) is 9.36 Å². The lowest BCUT2D eigenvalue weighted by atomic mass is 10.3. The van der Waals surface area contributed by atoms with E-state index in [1.807, 2.05) is 6.07 Å². The standard InChI is InChI=1S/C9H6Cl2S2/c1-12-5-2-3-6-7(4-5)13-9(11)8(6)10/h2-4H,1H3. The highest BCUT2D eigenvalue weighted by atomic mass is 35.5. The fourth-order valence-electron chi connectivity index (χ4n) is 1.14. The molecule has 1 heterocycles. The van der Waals surface area contributed by atoms with Crippen LogP contribution in [-0.4, -0.2) is 6.26 Å². The second kappa shape index (κ2) is 3.70. The summed E-state index contributed by atoms with van der Waals surface area (Å²) in [5, 5.41) is 1.73. The summed E-state index contributed by atoms with van der Waals surface area (Å²) in [5.41, 5.74) is 0. The summed E-state index contributed by atoms with van der Waals surface area (Å²) >= 11 is 15.2. The van der Waals surface area contributed by atoms with Gasteiger partial charge in [-0.15, -0.1) is 23.1 Å². The van der Waals surface area contributed by atoms with Crippen LogP contribution in [0.5, 0.6) is 0 Å². The Morgan fingerprint density at radius 1 is 1.31 bits per heavy atom. The number of halogens is 2. The number of thioether (sulfide) groups is 1. The molecule has 68 valence electrons. The van der Waals surface area contributed by atoms with E-state index in [9.17, 15) is 0 Å². The van der Waals surface area contributed by atoms with Crippen molar-refractivity contribution < 1.29 is 0 Å². The molecule has 0 saturated heterocycles. The Morgan fingerprint density at radius 3 is 2.77 bits per heavy atom. The monoisotopic (exact) mass is 248 g/mol. The summed E-state index contributed by atoms with van der Waals surface area (Å²) in [4.78, 5) is 1.24. The minimum Gasteiger partial charge on any atom is -0.130 e. The Labute approximate surface area is 94.8 Å². The molecule has 0 N–H and O–H groups in total. The number of hydrogen-bond donors (Lipinski definition) is 0. The van der Waals surface area contributed by atoms with Crippen LogP contribution in [0.15, 0.2) is 23.1 Å². The molecular formula is C9H6Cl2S2. The normalized spacial score (nSPS) is 11.0. The van der Waals surface area contributed by atoms with E-state index in [1.54, 1.807) is 11.8 Å². The van der Waals surface area contributed by atoms with Gasteiger partial charge in [0.15, 0.2) is 0 Å². The van der Waals surface area contributed by atoms with E-state index < -0.39 is 0 Å². The van der Waals surface area contributed by atoms with E-state index in [0.717, 1.165) is 10.1 Å². The lowest BCUT2D eigenvalue weighted by Gasteiger charge is -1.94. The molecule has 0 bridgehead atoms. The van der Waals surface area contributed by atoms with Crippen LogP contribution in [0.25, 0.3) is 10.1 Å². The molecule has 0 spiro atoms. The summed E-state index contributed by atoms with van der Waals surface area (Å²) in [7, 11) is 0. The van der Waals surface area contributed by atoms with Gasteiger partial charge < -0.3 is 0 Å². The van der Waals surface area contributed by atoms with E-state index in [-0.39, 0.29) is 0 Å². The summed E-state index contributed by atoms with van der Waals surface area (Å²) in [6.07, 6.45) is 2.05. The van der Waals surface area contributed by atoms with Crippen LogP contribution in [0, 0.1) is 0 Å². The van der Waals surface area contributed by atoms with E-state index in [4.69, 9.17) is 23.2 Å². The fourth-order valence-corrected chi connectivity index (χ4v) is 3.20. The molecule has 2 rings (SSSR count). The molecule has 0 nitrogen and oxygen atoms in total. The van der Waals surface area contributed by atoms with E-state index >= 15 is 0 Å². The fraction of sp³-hybridized carbons (Fsp3) is 0.111. The average molecular weight is 249 g/mol. The summed E-state index contributed by atoms with van der Waals surface area (Å²) in [6.45, 7) is 0. The average Bonchev–Trinajstić information content (AvgIpc) is 2.42. The second-order valence-electron chi connectivity index (χ2n) is 2.55. The molecule has 0 radical (unpaired) electrons. The van der Waals surface area contributed by atoms with Crippen LogP contribution in [0.4, 0.5) is 0 Å². The molecule has 4 heteroatoms. The molecule has 0 fully saturated rings. The highest BCUT2D eigenvalue weighted by molar-refractivity contribution is 7.98. The van der Waals surface area contributed by atoms with Crippen molar-refractivity contribution >= 4 is 56.4 Å². The minimum atomic E-state index is 0.675. The number of fused-ring (bicyclic) bond motifs is 1. The van der Waals surface area contributed by atoms with Crippen molar-refractivity contribution in [1.29, 1.82) is 0 Å². The van der Waals surface area contributed by atoms with Gasteiger partial charge in [-0.1, -0.05) is 29.3 Å². The summed E-state index contributed by atoms with van der Waals surface area (Å²) in [5.74, 6) is 0. The lowest BCUT2D eigenvalue weighted by molar-refractivity contribution is 1.53. The zero-order valence-electron chi connectivity index (χ0n) is 6.80. The van der Waals surface area contributed by atoms with E-state index in [0.29, 0.717) is 9.36 Å². The Morgan fingerprint density at radius 2 is 2.08 bits per heavy atom. The molecule has 13 heavy (non-hydrogen) atoms. The molecule has 0 unspecified atom stereocenters. The molecular weight excluding hydrogens is 243 g/mol. The predicted molar refractivity (Wildman–Crippen MR) is 63.6 cm³/mol. The van der Waals surface area contributed by atoms with Crippen molar-refractivity contribution in [3.05, 3.63) is 27.6 Å². The Kier molecular flexibility index (Phi) is 2.75. The van der Waals surface area contributed by atoms with Crippen LogP contribution in [-0.2, 0) is 0 Å². The molecule has 1 aromatic carbocycles. The van der Waals surface area contributed by atoms with Gasteiger partial charge in [0.2, 0.25) is 0 Å². The summed E-state index contributed by atoms with van der Waals surface area (Å²) < 4.78 is 1.83. The van der Waals surface area contributed by atoms with Crippen LogP contribution < -0.4 is 0 Å². The largest absolute Gasteiger partial charge is 0.130 e. The van der Waals surface area contributed by atoms with E-state index in [2.05, 4.69) is 18.4 Å². The first-order chi connectivity index (χ1) is 6.22. The molecule has 0 amide bonds. The maximum absolute atomic E-state index is 6.01. The molecule has 0 aliphatic carbocycles. The Balaban J connectivity index is 2.73. The third kappa shape index (κ3) is 1.68. The van der Waals surface area contributed by atoms with Crippen LogP contribution >= 0.6 is 46.3 Å². The number of rotatable bonds is 1. The molecule has 2 aromatic rings. The third-order valence-electron chi connectivity index (χ3n) is 1.80. The van der Waals surface area contributed by atoms with Gasteiger partial charge in [0.1, 0.15) is 4.34 Å². The first-order valence-corrected chi connectivity index (χ1v) is 6.43. The Hall–Kier alpha value is 0.110. The molecule has 0 aliphatic rings. The smallest absolute Gasteiger partial charge is 0.113 e. The first kappa shape index (κ1) is 9.66. The van der Waals surface area contributed by atoms with Crippen LogP contribution in [0.1, 0.15) is 0 Å². The van der Waals surface area contributed by atoms with Gasteiger partial charge in [0, 0.05) is 15.0 Å². The predicted octanol–water partition coefficient (Wildman–Crippen LogP) is 4.93. The van der Waals surface area contributed by atoms with Gasteiger partial charge in [-0.3, -0.25) is 0 Å². The van der Waals surface area contributed by atoms with Crippen molar-refractivity contribution in [2.45, 2.75) is 4.90 Å².